The van der Waals surface area contributed by atoms with Crippen LogP contribution in [0.1, 0.15) is 15.9 Å². The number of carbonyl (C=O) groups is 2. The molecule has 0 saturated heterocycles. The summed E-state index contributed by atoms with van der Waals surface area (Å²) < 4.78 is 5.56. The van der Waals surface area contributed by atoms with Gasteiger partial charge in [0, 0.05) is 28.9 Å². The Morgan fingerprint density at radius 1 is 1.00 bits per heavy atom. The van der Waals surface area contributed by atoms with E-state index in [1.54, 1.807) is 36.4 Å². The number of nitro benzene ring substituents is 1. The Morgan fingerprint density at radius 2 is 1.74 bits per heavy atom. The van der Waals surface area contributed by atoms with E-state index in [2.05, 4.69) is 15.8 Å². The van der Waals surface area contributed by atoms with Gasteiger partial charge in [-0.2, -0.15) is 5.10 Å². The number of ether oxygens (including phenoxy) is 1. The number of para-hydroxylation sites is 2. The topological polar surface area (TPSA) is 123 Å². The standard InChI is InChI=1S/C22H18N4O5/c27-21(24-18-9-2-1-3-10-18)15-31-20-12-5-4-7-17(20)14-23-25-22(28)16-8-6-11-19(13-16)26(29)30/h1-14H,15H2,(H,24,27)(H,25,28)/b23-14+. The Hall–Kier alpha value is -4.53. The molecular weight excluding hydrogens is 400 g/mol. The number of hydrazone groups is 1. The Balaban J connectivity index is 1.59. The molecule has 0 unspecified atom stereocenters. The van der Waals surface area contributed by atoms with E-state index in [4.69, 9.17) is 4.74 Å². The van der Waals surface area contributed by atoms with Crippen LogP contribution < -0.4 is 15.5 Å². The molecule has 3 rings (SSSR count). The first-order valence-electron chi connectivity index (χ1n) is 9.17. The largest absolute Gasteiger partial charge is 0.483 e. The highest BCUT2D eigenvalue weighted by molar-refractivity contribution is 5.95. The van der Waals surface area contributed by atoms with Crippen LogP contribution in [0.15, 0.2) is 84.0 Å². The van der Waals surface area contributed by atoms with Gasteiger partial charge >= 0.3 is 0 Å². The maximum atomic E-state index is 12.2. The molecular formula is C22H18N4O5. The van der Waals surface area contributed by atoms with Gasteiger partial charge in [-0.3, -0.25) is 19.7 Å². The van der Waals surface area contributed by atoms with Crippen LogP contribution in [0.5, 0.6) is 5.75 Å². The summed E-state index contributed by atoms with van der Waals surface area (Å²) in [4.78, 5) is 34.5. The molecule has 0 aromatic heterocycles. The predicted octanol–water partition coefficient (Wildman–Crippen LogP) is 3.38. The first-order chi connectivity index (χ1) is 15.0. The van der Waals surface area contributed by atoms with E-state index in [1.807, 2.05) is 18.2 Å². The van der Waals surface area contributed by atoms with Crippen LogP contribution in [0.3, 0.4) is 0 Å². The molecule has 3 aromatic rings. The summed E-state index contributed by atoms with van der Waals surface area (Å²) in [6.07, 6.45) is 1.36. The third-order valence-corrected chi connectivity index (χ3v) is 4.02. The molecule has 0 saturated carbocycles. The molecule has 9 heteroatoms. The second-order valence-electron chi connectivity index (χ2n) is 6.25. The minimum absolute atomic E-state index is 0.105. The molecule has 9 nitrogen and oxygen atoms in total. The number of rotatable bonds is 8. The lowest BCUT2D eigenvalue weighted by Gasteiger charge is -2.09. The lowest BCUT2D eigenvalue weighted by Crippen LogP contribution is -2.20. The molecule has 0 bridgehead atoms. The molecule has 3 aromatic carbocycles. The van der Waals surface area contributed by atoms with Gasteiger partial charge in [0.1, 0.15) is 5.75 Å². The Kier molecular flexibility index (Phi) is 7.04. The van der Waals surface area contributed by atoms with Crippen molar-refractivity contribution >= 4 is 29.4 Å². The molecule has 0 radical (unpaired) electrons. The van der Waals surface area contributed by atoms with Crippen LogP contribution in [0, 0.1) is 10.1 Å². The average Bonchev–Trinajstić information content (AvgIpc) is 2.79. The number of nitrogens with one attached hydrogen (secondary N) is 2. The Morgan fingerprint density at radius 3 is 2.52 bits per heavy atom. The highest BCUT2D eigenvalue weighted by atomic mass is 16.6. The first-order valence-corrected chi connectivity index (χ1v) is 9.17. The van der Waals surface area contributed by atoms with Gasteiger partial charge in [-0.15, -0.1) is 0 Å². The number of non-ortho nitro benzene ring substituents is 1. The Labute approximate surface area is 177 Å². The zero-order valence-electron chi connectivity index (χ0n) is 16.2. The maximum Gasteiger partial charge on any atom is 0.271 e. The summed E-state index contributed by atoms with van der Waals surface area (Å²) in [6.45, 7) is -0.209. The van der Waals surface area contributed by atoms with Gasteiger partial charge in [-0.25, -0.2) is 5.43 Å². The average molecular weight is 418 g/mol. The first kappa shape index (κ1) is 21.2. The molecule has 0 aliphatic heterocycles. The van der Waals surface area contributed by atoms with Gasteiger partial charge in [-0.1, -0.05) is 36.4 Å². The molecule has 2 amide bonds. The predicted molar refractivity (Wildman–Crippen MR) is 115 cm³/mol. The summed E-state index contributed by atoms with van der Waals surface area (Å²) in [5.41, 5.74) is 3.42. The van der Waals surface area contributed by atoms with E-state index in [1.165, 1.54) is 24.4 Å². The SMILES string of the molecule is O=C(COc1ccccc1/C=N/NC(=O)c1cccc([N+](=O)[O-])c1)Nc1ccccc1. The van der Waals surface area contributed by atoms with Crippen LogP contribution in [-0.2, 0) is 4.79 Å². The summed E-state index contributed by atoms with van der Waals surface area (Å²) in [5.74, 6) is -0.517. The molecule has 2 N–H and O–H groups in total. The van der Waals surface area contributed by atoms with Crippen molar-refractivity contribution in [1.82, 2.24) is 5.43 Å². The second kappa shape index (κ2) is 10.3. The van der Waals surface area contributed by atoms with E-state index in [9.17, 15) is 19.7 Å². The van der Waals surface area contributed by atoms with Crippen LogP contribution in [0.2, 0.25) is 0 Å². The van der Waals surface area contributed by atoms with Gasteiger partial charge in [0.25, 0.3) is 17.5 Å². The lowest BCUT2D eigenvalue weighted by atomic mass is 10.2. The van der Waals surface area contributed by atoms with Gasteiger partial charge in [0.15, 0.2) is 6.61 Å². The van der Waals surface area contributed by atoms with Gasteiger partial charge in [0.2, 0.25) is 0 Å². The van der Waals surface area contributed by atoms with E-state index in [0.29, 0.717) is 17.0 Å². The summed E-state index contributed by atoms with van der Waals surface area (Å²) in [5, 5.41) is 17.4. The fourth-order valence-electron chi connectivity index (χ4n) is 2.57. The van der Waals surface area contributed by atoms with Crippen LogP contribution in [0.4, 0.5) is 11.4 Å². The Bertz CT molecular complexity index is 1120. The van der Waals surface area contributed by atoms with Gasteiger partial charge < -0.3 is 10.1 Å². The van der Waals surface area contributed by atoms with E-state index >= 15 is 0 Å². The van der Waals surface area contributed by atoms with Crippen molar-refractivity contribution < 1.29 is 19.2 Å². The number of carbonyl (C=O) groups excluding carboxylic acids is 2. The fourth-order valence-corrected chi connectivity index (χ4v) is 2.57. The highest BCUT2D eigenvalue weighted by Crippen LogP contribution is 2.16. The second-order valence-corrected chi connectivity index (χ2v) is 6.25. The molecule has 0 spiro atoms. The minimum Gasteiger partial charge on any atom is -0.483 e. The number of hydrogen-bond donors (Lipinski definition) is 2. The van der Waals surface area contributed by atoms with Crippen molar-refractivity contribution in [3.8, 4) is 5.75 Å². The number of amides is 2. The summed E-state index contributed by atoms with van der Waals surface area (Å²) in [7, 11) is 0. The maximum absolute atomic E-state index is 12.2. The lowest BCUT2D eigenvalue weighted by molar-refractivity contribution is -0.384. The van der Waals surface area contributed by atoms with Crippen LogP contribution >= 0.6 is 0 Å². The van der Waals surface area contributed by atoms with E-state index < -0.39 is 10.8 Å². The van der Waals surface area contributed by atoms with E-state index in [-0.39, 0.29) is 23.8 Å². The minimum atomic E-state index is -0.597. The summed E-state index contributed by atoms with van der Waals surface area (Å²) >= 11 is 0. The van der Waals surface area contributed by atoms with Crippen molar-refractivity contribution in [1.29, 1.82) is 0 Å². The van der Waals surface area contributed by atoms with Crippen molar-refractivity contribution in [2.45, 2.75) is 0 Å². The summed E-state index contributed by atoms with van der Waals surface area (Å²) in [6, 6.07) is 21.2. The molecule has 0 heterocycles. The fraction of sp³-hybridized carbons (Fsp3) is 0.0455. The monoisotopic (exact) mass is 418 g/mol. The van der Waals surface area contributed by atoms with Gasteiger partial charge in [0.05, 0.1) is 11.1 Å². The van der Waals surface area contributed by atoms with E-state index in [0.717, 1.165) is 6.07 Å². The molecule has 0 atom stereocenters. The van der Waals surface area contributed by atoms with Crippen LogP contribution in [-0.4, -0.2) is 29.6 Å². The molecule has 31 heavy (non-hydrogen) atoms. The van der Waals surface area contributed by atoms with Crippen molar-refractivity contribution in [2.24, 2.45) is 5.10 Å². The van der Waals surface area contributed by atoms with Crippen molar-refractivity contribution in [3.05, 3.63) is 100 Å². The molecule has 0 aliphatic carbocycles. The molecule has 156 valence electrons. The smallest absolute Gasteiger partial charge is 0.271 e. The normalized spacial score (nSPS) is 10.5. The number of nitrogens with zero attached hydrogens (tertiary/aromatic N) is 2. The number of benzene rings is 3. The molecule has 0 fully saturated rings. The highest BCUT2D eigenvalue weighted by Gasteiger charge is 2.11. The zero-order valence-corrected chi connectivity index (χ0v) is 16.2. The number of nitro groups is 1. The zero-order chi connectivity index (χ0) is 22.1. The van der Waals surface area contributed by atoms with Crippen LogP contribution in [0.25, 0.3) is 0 Å². The van der Waals surface area contributed by atoms with Gasteiger partial charge in [-0.05, 0) is 30.3 Å². The quantitative estimate of drug-likeness (QED) is 0.330. The molecule has 0 aliphatic rings. The third-order valence-electron chi connectivity index (χ3n) is 4.02. The third kappa shape index (κ3) is 6.23. The number of hydrogen-bond acceptors (Lipinski definition) is 6. The van der Waals surface area contributed by atoms with Crippen molar-refractivity contribution in [3.63, 3.8) is 0 Å². The number of anilines is 1. The van der Waals surface area contributed by atoms with Crippen molar-refractivity contribution in [2.75, 3.05) is 11.9 Å².